The number of nitrogen functional groups attached to an aromatic ring is 1. The topological polar surface area (TPSA) is 51.8 Å². The van der Waals surface area contributed by atoms with Crippen molar-refractivity contribution in [2.24, 2.45) is 0 Å². The summed E-state index contributed by atoms with van der Waals surface area (Å²) in [6.45, 7) is 1.88. The molecule has 0 aliphatic heterocycles. The van der Waals surface area contributed by atoms with E-state index in [9.17, 15) is 0 Å². The van der Waals surface area contributed by atoms with Gasteiger partial charge in [-0.15, -0.1) is 5.10 Å². The smallest absolute Gasteiger partial charge is 0.159 e. The van der Waals surface area contributed by atoms with Crippen LogP contribution < -0.4 is 5.73 Å². The molecule has 0 bridgehead atoms. The van der Waals surface area contributed by atoms with Gasteiger partial charge in [0.25, 0.3) is 0 Å². The van der Waals surface area contributed by atoms with Gasteiger partial charge in [-0.2, -0.15) is 5.10 Å². The third-order valence-electron chi connectivity index (χ3n) is 1.94. The minimum atomic E-state index is 0.417. The first-order chi connectivity index (χ1) is 6.18. The Balaban J connectivity index is 2.92. The van der Waals surface area contributed by atoms with Gasteiger partial charge in [-0.05, 0) is 25.1 Å². The number of aromatic nitrogens is 2. The molecule has 0 saturated carbocycles. The van der Waals surface area contributed by atoms with Gasteiger partial charge in [-0.25, -0.2) is 0 Å². The van der Waals surface area contributed by atoms with E-state index < -0.39 is 0 Å². The molecule has 0 spiro atoms. The maximum atomic E-state index is 5.87. The molecule has 2 N–H and O–H groups in total. The molecular weight excluding hydrogens is 186 g/mol. The van der Waals surface area contributed by atoms with Gasteiger partial charge in [0.15, 0.2) is 5.15 Å². The molecule has 1 aromatic heterocycles. The molecule has 1 heterocycles. The summed E-state index contributed by atoms with van der Waals surface area (Å²) in [5, 5.41) is 9.99. The number of rotatable bonds is 0. The molecule has 3 nitrogen and oxygen atoms in total. The van der Waals surface area contributed by atoms with Gasteiger partial charge in [0, 0.05) is 16.5 Å². The van der Waals surface area contributed by atoms with Crippen LogP contribution in [0.5, 0.6) is 0 Å². The lowest BCUT2D eigenvalue weighted by atomic mass is 10.1. The van der Waals surface area contributed by atoms with Crippen molar-refractivity contribution in [3.63, 3.8) is 0 Å². The zero-order chi connectivity index (χ0) is 9.42. The summed E-state index contributed by atoms with van der Waals surface area (Å²) in [4.78, 5) is 0. The fraction of sp³-hybridized carbons (Fsp3) is 0.111. The number of halogens is 1. The van der Waals surface area contributed by atoms with E-state index in [-0.39, 0.29) is 0 Å². The zero-order valence-corrected chi connectivity index (χ0v) is 7.84. The van der Waals surface area contributed by atoms with E-state index in [1.165, 1.54) is 0 Å². The van der Waals surface area contributed by atoms with Gasteiger partial charge >= 0.3 is 0 Å². The lowest BCUT2D eigenvalue weighted by molar-refractivity contribution is 1.00. The molecular formula is C9H8ClN3. The second kappa shape index (κ2) is 2.85. The molecule has 66 valence electrons. The fourth-order valence-corrected chi connectivity index (χ4v) is 1.47. The number of nitrogens with two attached hydrogens (primary N) is 1. The molecule has 4 heteroatoms. The second-order valence-electron chi connectivity index (χ2n) is 2.88. The summed E-state index contributed by atoms with van der Waals surface area (Å²) in [5.74, 6) is 0. The van der Waals surface area contributed by atoms with Crippen molar-refractivity contribution in [3.8, 4) is 0 Å². The van der Waals surface area contributed by atoms with Crippen molar-refractivity contribution < 1.29 is 0 Å². The number of fused-ring (bicyclic) bond motifs is 1. The normalized spacial score (nSPS) is 10.6. The molecule has 0 saturated heterocycles. The number of benzene rings is 1. The third kappa shape index (κ3) is 1.31. The van der Waals surface area contributed by atoms with Gasteiger partial charge in [-0.3, -0.25) is 0 Å². The summed E-state index contributed by atoms with van der Waals surface area (Å²) < 4.78 is 0. The van der Waals surface area contributed by atoms with E-state index in [0.29, 0.717) is 10.8 Å². The number of nitrogens with zero attached hydrogens (tertiary/aromatic N) is 2. The Morgan fingerprint density at radius 1 is 1.23 bits per heavy atom. The molecule has 2 rings (SSSR count). The lowest BCUT2D eigenvalue weighted by Gasteiger charge is -2.02. The Labute approximate surface area is 80.5 Å². The standard InChI is InChI=1S/C9H8ClN3/c1-5-8-4-6(11)2-3-7(8)9(10)13-12-5/h2-4H,11H2,1H3. The SMILES string of the molecule is Cc1nnc(Cl)c2ccc(N)cc12. The van der Waals surface area contributed by atoms with E-state index in [1.807, 2.05) is 19.1 Å². The van der Waals surface area contributed by atoms with Crippen LogP contribution in [0.1, 0.15) is 5.69 Å². The summed E-state index contributed by atoms with van der Waals surface area (Å²) in [6, 6.07) is 5.51. The first-order valence-electron chi connectivity index (χ1n) is 3.86. The quantitative estimate of drug-likeness (QED) is 0.653. The van der Waals surface area contributed by atoms with Gasteiger partial charge in [0.1, 0.15) is 0 Å². The highest BCUT2D eigenvalue weighted by molar-refractivity contribution is 6.34. The van der Waals surface area contributed by atoms with Crippen LogP contribution in [0, 0.1) is 6.92 Å². The van der Waals surface area contributed by atoms with E-state index >= 15 is 0 Å². The average molecular weight is 194 g/mol. The van der Waals surface area contributed by atoms with Gasteiger partial charge in [0.05, 0.1) is 5.69 Å². The monoisotopic (exact) mass is 193 g/mol. The maximum absolute atomic E-state index is 5.87. The number of hydrogen-bond donors (Lipinski definition) is 1. The highest BCUT2D eigenvalue weighted by Gasteiger charge is 2.03. The predicted molar refractivity (Wildman–Crippen MR) is 53.7 cm³/mol. The van der Waals surface area contributed by atoms with Crippen molar-refractivity contribution in [2.45, 2.75) is 6.92 Å². The molecule has 0 fully saturated rings. The minimum Gasteiger partial charge on any atom is -0.399 e. The van der Waals surface area contributed by atoms with Crippen LogP contribution >= 0.6 is 11.6 Å². The number of anilines is 1. The minimum absolute atomic E-state index is 0.417. The Hall–Kier alpha value is -1.35. The molecule has 0 aliphatic carbocycles. The van der Waals surface area contributed by atoms with Crippen LogP contribution in [-0.2, 0) is 0 Å². The first kappa shape index (κ1) is 8.26. The summed E-state index contributed by atoms with van der Waals surface area (Å²) in [7, 11) is 0. The predicted octanol–water partition coefficient (Wildman–Crippen LogP) is 2.17. The van der Waals surface area contributed by atoms with Crippen LogP contribution in [0.3, 0.4) is 0 Å². The third-order valence-corrected chi connectivity index (χ3v) is 2.22. The number of aryl methyl sites for hydroxylation is 1. The Bertz CT molecular complexity index is 468. The highest BCUT2D eigenvalue weighted by Crippen LogP contribution is 2.24. The van der Waals surface area contributed by atoms with Crippen molar-refractivity contribution in [3.05, 3.63) is 29.0 Å². The van der Waals surface area contributed by atoms with Crippen LogP contribution in [0.25, 0.3) is 10.8 Å². The Kier molecular flexibility index (Phi) is 1.81. The van der Waals surface area contributed by atoms with Crippen LogP contribution in [0.15, 0.2) is 18.2 Å². The molecule has 0 amide bonds. The maximum Gasteiger partial charge on any atom is 0.159 e. The Morgan fingerprint density at radius 3 is 2.77 bits per heavy atom. The van der Waals surface area contributed by atoms with Crippen molar-refractivity contribution in [1.29, 1.82) is 0 Å². The second-order valence-corrected chi connectivity index (χ2v) is 3.24. The number of hydrogen-bond acceptors (Lipinski definition) is 3. The molecule has 0 unspecified atom stereocenters. The van der Waals surface area contributed by atoms with Gasteiger partial charge in [-0.1, -0.05) is 11.6 Å². The van der Waals surface area contributed by atoms with Crippen LogP contribution in [-0.4, -0.2) is 10.2 Å². The first-order valence-corrected chi connectivity index (χ1v) is 4.24. The van der Waals surface area contributed by atoms with Crippen LogP contribution in [0.2, 0.25) is 5.15 Å². The van der Waals surface area contributed by atoms with Crippen molar-refractivity contribution in [1.82, 2.24) is 10.2 Å². The summed E-state index contributed by atoms with van der Waals surface area (Å²) in [5.41, 5.74) is 7.20. The van der Waals surface area contributed by atoms with Crippen LogP contribution in [0.4, 0.5) is 5.69 Å². The van der Waals surface area contributed by atoms with Crippen molar-refractivity contribution >= 4 is 28.1 Å². The highest BCUT2D eigenvalue weighted by atomic mass is 35.5. The molecule has 2 aromatic rings. The van der Waals surface area contributed by atoms with E-state index in [2.05, 4.69) is 10.2 Å². The van der Waals surface area contributed by atoms with E-state index in [0.717, 1.165) is 16.5 Å². The average Bonchev–Trinajstić information content (AvgIpc) is 2.12. The van der Waals surface area contributed by atoms with E-state index in [4.69, 9.17) is 17.3 Å². The van der Waals surface area contributed by atoms with E-state index in [1.54, 1.807) is 6.07 Å². The molecule has 1 aromatic carbocycles. The fourth-order valence-electron chi connectivity index (χ4n) is 1.27. The molecule has 0 aliphatic rings. The molecule has 0 radical (unpaired) electrons. The van der Waals surface area contributed by atoms with Gasteiger partial charge in [0.2, 0.25) is 0 Å². The summed E-state index contributed by atoms with van der Waals surface area (Å²) >= 11 is 5.87. The Morgan fingerprint density at radius 2 is 2.00 bits per heavy atom. The zero-order valence-electron chi connectivity index (χ0n) is 7.08. The van der Waals surface area contributed by atoms with Crippen molar-refractivity contribution in [2.75, 3.05) is 5.73 Å². The summed E-state index contributed by atoms with van der Waals surface area (Å²) in [6.07, 6.45) is 0. The van der Waals surface area contributed by atoms with Gasteiger partial charge < -0.3 is 5.73 Å². The lowest BCUT2D eigenvalue weighted by Crippen LogP contribution is -1.91. The largest absolute Gasteiger partial charge is 0.399 e. The molecule has 13 heavy (non-hydrogen) atoms. The molecule has 0 atom stereocenters.